The van der Waals surface area contributed by atoms with E-state index in [1.54, 1.807) is 22.8 Å². The van der Waals surface area contributed by atoms with Gasteiger partial charge in [0.25, 0.3) is 0 Å². The van der Waals surface area contributed by atoms with E-state index in [4.69, 9.17) is 4.74 Å². The van der Waals surface area contributed by atoms with Gasteiger partial charge in [-0.25, -0.2) is 14.5 Å². The van der Waals surface area contributed by atoms with Crippen molar-refractivity contribution >= 4 is 29.6 Å². The van der Waals surface area contributed by atoms with Gasteiger partial charge in [0.1, 0.15) is 6.33 Å². The molecule has 0 atom stereocenters. The van der Waals surface area contributed by atoms with Crippen LogP contribution in [0.5, 0.6) is 6.01 Å². The van der Waals surface area contributed by atoms with Crippen molar-refractivity contribution in [2.24, 2.45) is 0 Å². The number of fused-ring (bicyclic) bond motifs is 1. The minimum absolute atomic E-state index is 0.225. The lowest BCUT2D eigenvalue weighted by atomic mass is 9.79. The van der Waals surface area contributed by atoms with Gasteiger partial charge in [0.05, 0.1) is 18.1 Å². The summed E-state index contributed by atoms with van der Waals surface area (Å²) in [5, 5.41) is 22.4. The molecule has 0 unspecified atom stereocenters. The molecular weight excluding hydrogens is 359 g/mol. The second kappa shape index (κ2) is 7.63. The second-order valence-electron chi connectivity index (χ2n) is 5.97. The van der Waals surface area contributed by atoms with E-state index >= 15 is 0 Å². The lowest BCUT2D eigenvalue weighted by Crippen LogP contribution is -2.30. The van der Waals surface area contributed by atoms with Crippen LogP contribution in [0.4, 0.5) is 5.95 Å². The average Bonchev–Trinajstić information content (AvgIpc) is 3.12. The summed E-state index contributed by atoms with van der Waals surface area (Å²) in [6.45, 7) is 0.562. The van der Waals surface area contributed by atoms with Gasteiger partial charge in [-0.3, -0.25) is 0 Å². The molecule has 0 spiro atoms. The van der Waals surface area contributed by atoms with E-state index in [0.29, 0.717) is 29.5 Å². The predicted octanol–water partition coefficient (Wildman–Crippen LogP) is 0.511. The Morgan fingerprint density at radius 3 is 2.61 bits per heavy atom. The van der Waals surface area contributed by atoms with Crippen LogP contribution in [0.1, 0.15) is 5.56 Å². The lowest BCUT2D eigenvalue weighted by molar-refractivity contribution is 0.374. The van der Waals surface area contributed by atoms with Gasteiger partial charge in [0.2, 0.25) is 11.9 Å². The van der Waals surface area contributed by atoms with Crippen LogP contribution in [0.25, 0.3) is 17.0 Å². The number of hydrogen-bond acceptors (Lipinski definition) is 8. The van der Waals surface area contributed by atoms with E-state index in [-0.39, 0.29) is 11.5 Å². The lowest BCUT2D eigenvalue weighted by Gasteiger charge is -2.08. The number of hydrogen-bond donors (Lipinski definition) is 3. The number of para-hydroxylation sites is 1. The molecule has 3 N–H and O–H groups in total. The molecule has 2 heterocycles. The Balaban J connectivity index is 1.73. The molecule has 4 aromatic rings. The molecule has 28 heavy (non-hydrogen) atoms. The average molecular weight is 376 g/mol. The van der Waals surface area contributed by atoms with Crippen molar-refractivity contribution in [1.82, 2.24) is 24.5 Å². The normalized spacial score (nSPS) is 10.8. The third kappa shape index (κ3) is 3.38. The first-order valence-electron chi connectivity index (χ1n) is 8.56. The monoisotopic (exact) mass is 376 g/mol. The van der Waals surface area contributed by atoms with Gasteiger partial charge in [-0.2, -0.15) is 9.97 Å². The fraction of sp³-hybridized carbons (Fsp3) is 0.111. The molecule has 2 aromatic carbocycles. The summed E-state index contributed by atoms with van der Waals surface area (Å²) in [5.41, 5.74) is 2.35. The van der Waals surface area contributed by atoms with E-state index in [2.05, 4.69) is 25.3 Å². The van der Waals surface area contributed by atoms with Gasteiger partial charge < -0.3 is 20.1 Å². The summed E-state index contributed by atoms with van der Waals surface area (Å²) in [4.78, 5) is 17.2. The standard InChI is InChI=1S/C18H17BN6O3/c1-28-18-23-15-13(19(26)27)8-5-9-14(15)25(18)17-22-11-21-16(24-17)20-10-12-6-3-2-4-7-12/h2-9,11,26-27H,10H2,1H3,(H,20,21,22,24). The number of benzene rings is 2. The Labute approximate surface area is 160 Å². The van der Waals surface area contributed by atoms with Crippen molar-refractivity contribution in [3.8, 4) is 12.0 Å². The van der Waals surface area contributed by atoms with Crippen LogP contribution in [0, 0.1) is 0 Å². The maximum atomic E-state index is 9.60. The highest BCUT2D eigenvalue weighted by molar-refractivity contribution is 6.61. The highest BCUT2D eigenvalue weighted by Gasteiger charge is 2.22. The number of ether oxygens (including phenoxy) is 1. The first-order chi connectivity index (χ1) is 13.7. The third-order valence-electron chi connectivity index (χ3n) is 4.20. The first kappa shape index (κ1) is 17.9. The quantitative estimate of drug-likeness (QED) is 0.417. The highest BCUT2D eigenvalue weighted by atomic mass is 16.5. The molecule has 0 aliphatic rings. The molecule has 0 aliphatic carbocycles. The minimum atomic E-state index is -1.65. The smallest absolute Gasteiger partial charge is 0.468 e. The van der Waals surface area contributed by atoms with Crippen molar-refractivity contribution < 1.29 is 14.8 Å². The van der Waals surface area contributed by atoms with Crippen molar-refractivity contribution in [2.75, 3.05) is 12.4 Å². The molecule has 0 radical (unpaired) electrons. The van der Waals surface area contributed by atoms with Crippen LogP contribution < -0.4 is 15.5 Å². The SMILES string of the molecule is COc1nc2c(B(O)O)cccc2n1-c1ncnc(NCc2ccccc2)n1. The molecule has 2 aromatic heterocycles. The molecule has 0 fully saturated rings. The largest absolute Gasteiger partial charge is 0.490 e. The number of nitrogens with zero attached hydrogens (tertiary/aromatic N) is 5. The zero-order valence-electron chi connectivity index (χ0n) is 15.0. The molecular formula is C18H17BN6O3. The molecule has 0 bridgehead atoms. The fourth-order valence-electron chi connectivity index (χ4n) is 2.90. The summed E-state index contributed by atoms with van der Waals surface area (Å²) in [5.74, 6) is 0.700. The number of methoxy groups -OCH3 is 1. The minimum Gasteiger partial charge on any atom is -0.468 e. The van der Waals surface area contributed by atoms with Gasteiger partial charge >= 0.3 is 13.1 Å². The summed E-state index contributed by atoms with van der Waals surface area (Å²) < 4.78 is 6.95. The fourth-order valence-corrected chi connectivity index (χ4v) is 2.90. The van der Waals surface area contributed by atoms with Gasteiger partial charge in [-0.1, -0.05) is 42.5 Å². The summed E-state index contributed by atoms with van der Waals surface area (Å²) >= 11 is 0. The molecule has 10 heteroatoms. The number of nitrogens with one attached hydrogen (secondary N) is 1. The Morgan fingerprint density at radius 1 is 1.04 bits per heavy atom. The van der Waals surface area contributed by atoms with Crippen molar-refractivity contribution in [1.29, 1.82) is 0 Å². The Hall–Kier alpha value is -3.50. The van der Waals surface area contributed by atoms with Crippen molar-refractivity contribution in [3.63, 3.8) is 0 Å². The van der Waals surface area contributed by atoms with Crippen LogP contribution >= 0.6 is 0 Å². The molecule has 0 saturated heterocycles. The predicted molar refractivity (Wildman–Crippen MR) is 105 cm³/mol. The molecule has 0 saturated carbocycles. The second-order valence-corrected chi connectivity index (χ2v) is 5.97. The maximum Gasteiger partial charge on any atom is 0.490 e. The first-order valence-corrected chi connectivity index (χ1v) is 8.56. The zero-order valence-corrected chi connectivity index (χ0v) is 15.0. The van der Waals surface area contributed by atoms with Crippen molar-refractivity contribution in [3.05, 3.63) is 60.4 Å². The van der Waals surface area contributed by atoms with Crippen LogP contribution in [-0.2, 0) is 6.54 Å². The Morgan fingerprint density at radius 2 is 1.86 bits per heavy atom. The van der Waals surface area contributed by atoms with E-state index in [1.807, 2.05) is 30.3 Å². The number of anilines is 1. The molecule has 0 amide bonds. The van der Waals surface area contributed by atoms with Gasteiger partial charge in [0, 0.05) is 12.0 Å². The van der Waals surface area contributed by atoms with Gasteiger partial charge in [-0.05, 0) is 11.6 Å². The number of rotatable bonds is 6. The maximum absolute atomic E-state index is 9.60. The number of aromatic nitrogens is 5. The van der Waals surface area contributed by atoms with E-state index < -0.39 is 7.12 Å². The third-order valence-corrected chi connectivity index (χ3v) is 4.20. The Bertz CT molecular complexity index is 1100. The Kier molecular flexibility index (Phi) is 4.88. The van der Waals surface area contributed by atoms with Crippen molar-refractivity contribution in [2.45, 2.75) is 6.54 Å². The van der Waals surface area contributed by atoms with Crippen LogP contribution in [0.3, 0.4) is 0 Å². The van der Waals surface area contributed by atoms with Gasteiger partial charge in [-0.15, -0.1) is 0 Å². The van der Waals surface area contributed by atoms with Gasteiger partial charge in [0.15, 0.2) is 0 Å². The van der Waals surface area contributed by atoms with E-state index in [9.17, 15) is 10.0 Å². The van der Waals surface area contributed by atoms with Crippen LogP contribution in [0.2, 0.25) is 0 Å². The summed E-state index contributed by atoms with van der Waals surface area (Å²) in [7, 11) is -0.180. The topological polar surface area (TPSA) is 118 Å². The number of imidazole rings is 1. The van der Waals surface area contributed by atoms with E-state index in [0.717, 1.165) is 5.56 Å². The van der Waals surface area contributed by atoms with E-state index in [1.165, 1.54) is 13.4 Å². The summed E-state index contributed by atoms with van der Waals surface area (Å²) in [6.07, 6.45) is 1.39. The molecule has 9 nitrogen and oxygen atoms in total. The zero-order chi connectivity index (χ0) is 19.5. The molecule has 140 valence electrons. The van der Waals surface area contributed by atoms with Crippen LogP contribution in [-0.4, -0.2) is 48.8 Å². The summed E-state index contributed by atoms with van der Waals surface area (Å²) in [6, 6.07) is 15.2. The van der Waals surface area contributed by atoms with Crippen LogP contribution in [0.15, 0.2) is 54.9 Å². The molecule has 4 rings (SSSR count). The molecule has 0 aliphatic heterocycles. The highest BCUT2D eigenvalue weighted by Crippen LogP contribution is 2.23.